The maximum absolute atomic E-state index is 12.2. The quantitative estimate of drug-likeness (QED) is 0.711. The highest BCUT2D eigenvalue weighted by Gasteiger charge is 2.15. The minimum atomic E-state index is -0.287. The molecule has 2 N–H and O–H groups in total. The molecule has 0 fully saturated rings. The van der Waals surface area contributed by atoms with Gasteiger partial charge >= 0.3 is 0 Å². The number of carbonyl (C=O) groups excluding carboxylic acids is 1. The Labute approximate surface area is 145 Å². The van der Waals surface area contributed by atoms with Crippen molar-refractivity contribution in [3.05, 3.63) is 46.3 Å². The van der Waals surface area contributed by atoms with E-state index in [1.54, 1.807) is 6.26 Å². The number of benzene rings is 1. The first kappa shape index (κ1) is 17.2. The lowest BCUT2D eigenvalue weighted by atomic mass is 9.99. The molecule has 0 aliphatic heterocycles. The fraction of sp³-hybridized carbons (Fsp3) is 0.389. The molecular weight excluding hydrogens is 322 g/mol. The number of hydrogen-bond donors (Lipinski definition) is 2. The van der Waals surface area contributed by atoms with E-state index in [4.69, 9.17) is 14.0 Å². The SMILES string of the molecule is Cc1cc(C)c2c(CC(=O)NCCc3noc(CO)n3)coc2c1C. The predicted octanol–water partition coefficient (Wildman–Crippen LogP) is 2.13. The summed E-state index contributed by atoms with van der Waals surface area (Å²) in [5.41, 5.74) is 5.12. The Bertz CT molecular complexity index is 911. The average molecular weight is 343 g/mol. The number of rotatable bonds is 6. The highest BCUT2D eigenvalue weighted by molar-refractivity contribution is 5.91. The summed E-state index contributed by atoms with van der Waals surface area (Å²) in [7, 11) is 0. The molecule has 7 nitrogen and oxygen atoms in total. The number of aryl methyl sites for hydroxylation is 3. The minimum absolute atomic E-state index is 0.0915. The van der Waals surface area contributed by atoms with E-state index in [0.717, 1.165) is 27.7 Å². The van der Waals surface area contributed by atoms with Gasteiger partial charge in [0.05, 0.1) is 12.7 Å². The van der Waals surface area contributed by atoms with Gasteiger partial charge in [-0.2, -0.15) is 4.98 Å². The zero-order valence-corrected chi connectivity index (χ0v) is 14.5. The van der Waals surface area contributed by atoms with Crippen LogP contribution in [0.3, 0.4) is 0 Å². The van der Waals surface area contributed by atoms with E-state index in [9.17, 15) is 4.79 Å². The Balaban J connectivity index is 1.63. The molecule has 1 amide bonds. The van der Waals surface area contributed by atoms with E-state index in [2.05, 4.69) is 28.4 Å². The Kier molecular flexibility index (Phi) is 4.85. The molecule has 0 unspecified atom stereocenters. The number of aromatic nitrogens is 2. The molecule has 25 heavy (non-hydrogen) atoms. The topological polar surface area (TPSA) is 101 Å². The Morgan fingerprint density at radius 3 is 2.80 bits per heavy atom. The van der Waals surface area contributed by atoms with Crippen molar-refractivity contribution in [1.29, 1.82) is 0 Å². The molecule has 0 atom stereocenters. The number of carbonyl (C=O) groups is 1. The number of aliphatic hydroxyl groups is 1. The Morgan fingerprint density at radius 1 is 1.28 bits per heavy atom. The summed E-state index contributed by atoms with van der Waals surface area (Å²) >= 11 is 0. The summed E-state index contributed by atoms with van der Waals surface area (Å²) in [5, 5.41) is 16.5. The second-order valence-electron chi connectivity index (χ2n) is 6.14. The molecule has 3 aromatic rings. The number of amides is 1. The summed E-state index contributed by atoms with van der Waals surface area (Å²) in [6.07, 6.45) is 2.36. The fourth-order valence-electron chi connectivity index (χ4n) is 2.92. The number of fused-ring (bicyclic) bond motifs is 1. The maximum Gasteiger partial charge on any atom is 0.252 e. The van der Waals surface area contributed by atoms with Gasteiger partial charge in [0.15, 0.2) is 5.82 Å². The van der Waals surface area contributed by atoms with Crippen molar-refractivity contribution < 1.29 is 18.8 Å². The van der Waals surface area contributed by atoms with Gasteiger partial charge in [-0.05, 0) is 37.5 Å². The van der Waals surface area contributed by atoms with Crippen molar-refractivity contribution in [3.63, 3.8) is 0 Å². The average Bonchev–Trinajstić information content (AvgIpc) is 3.20. The molecule has 3 rings (SSSR count). The molecular formula is C18H21N3O4. The van der Waals surface area contributed by atoms with Crippen LogP contribution in [0.25, 0.3) is 11.0 Å². The fourth-order valence-corrected chi connectivity index (χ4v) is 2.92. The minimum Gasteiger partial charge on any atom is -0.464 e. The molecule has 0 saturated carbocycles. The van der Waals surface area contributed by atoms with Crippen LogP contribution in [0.15, 0.2) is 21.3 Å². The van der Waals surface area contributed by atoms with Gasteiger partial charge in [0.2, 0.25) is 5.91 Å². The summed E-state index contributed by atoms with van der Waals surface area (Å²) in [6.45, 7) is 6.22. The van der Waals surface area contributed by atoms with Crippen molar-refractivity contribution in [2.75, 3.05) is 6.54 Å². The first-order valence-electron chi connectivity index (χ1n) is 8.15. The molecule has 0 bridgehead atoms. The van der Waals surface area contributed by atoms with Crippen LogP contribution in [0.2, 0.25) is 0 Å². The summed E-state index contributed by atoms with van der Waals surface area (Å²) in [4.78, 5) is 16.2. The first-order chi connectivity index (χ1) is 12.0. The molecule has 7 heteroatoms. The van der Waals surface area contributed by atoms with Crippen LogP contribution in [0.4, 0.5) is 0 Å². The molecule has 132 valence electrons. The van der Waals surface area contributed by atoms with Gasteiger partial charge in [0, 0.05) is 23.9 Å². The zero-order chi connectivity index (χ0) is 18.0. The lowest BCUT2D eigenvalue weighted by Gasteiger charge is -2.06. The maximum atomic E-state index is 12.2. The number of nitrogens with one attached hydrogen (secondary N) is 1. The van der Waals surface area contributed by atoms with E-state index >= 15 is 0 Å². The normalized spacial score (nSPS) is 11.2. The number of furan rings is 1. The lowest BCUT2D eigenvalue weighted by molar-refractivity contribution is -0.120. The predicted molar refractivity (Wildman–Crippen MR) is 91.1 cm³/mol. The monoisotopic (exact) mass is 343 g/mol. The molecule has 0 aliphatic carbocycles. The van der Waals surface area contributed by atoms with E-state index < -0.39 is 0 Å². The third-order valence-corrected chi connectivity index (χ3v) is 4.29. The van der Waals surface area contributed by atoms with Crippen molar-refractivity contribution in [2.24, 2.45) is 0 Å². The molecule has 0 saturated heterocycles. The van der Waals surface area contributed by atoms with Gasteiger partial charge in [-0.1, -0.05) is 11.2 Å². The Morgan fingerprint density at radius 2 is 2.08 bits per heavy atom. The lowest BCUT2D eigenvalue weighted by Crippen LogP contribution is -2.27. The van der Waals surface area contributed by atoms with Crippen molar-refractivity contribution in [2.45, 2.75) is 40.2 Å². The Hall–Kier alpha value is -2.67. The van der Waals surface area contributed by atoms with Crippen LogP contribution in [0.1, 0.15) is 34.0 Å². The number of hydrogen-bond acceptors (Lipinski definition) is 6. The summed E-state index contributed by atoms with van der Waals surface area (Å²) in [6, 6.07) is 2.11. The molecule has 1 aromatic carbocycles. The van der Waals surface area contributed by atoms with Crippen molar-refractivity contribution in [3.8, 4) is 0 Å². The van der Waals surface area contributed by atoms with Gasteiger partial charge in [0.1, 0.15) is 12.2 Å². The molecule has 0 aliphatic rings. The smallest absolute Gasteiger partial charge is 0.252 e. The van der Waals surface area contributed by atoms with Crippen LogP contribution in [0, 0.1) is 20.8 Å². The van der Waals surface area contributed by atoms with Gasteiger partial charge in [0.25, 0.3) is 5.89 Å². The second-order valence-corrected chi connectivity index (χ2v) is 6.14. The molecule has 2 aromatic heterocycles. The van der Waals surface area contributed by atoms with Crippen LogP contribution >= 0.6 is 0 Å². The largest absolute Gasteiger partial charge is 0.464 e. The number of aliphatic hydroxyl groups excluding tert-OH is 1. The third-order valence-electron chi connectivity index (χ3n) is 4.29. The van der Waals surface area contributed by atoms with Gasteiger partial charge in [-0.15, -0.1) is 0 Å². The highest BCUT2D eigenvalue weighted by Crippen LogP contribution is 2.30. The zero-order valence-electron chi connectivity index (χ0n) is 14.5. The van der Waals surface area contributed by atoms with Crippen LogP contribution in [0.5, 0.6) is 0 Å². The second kappa shape index (κ2) is 7.06. The summed E-state index contributed by atoms with van der Waals surface area (Å²) < 4.78 is 10.5. The van der Waals surface area contributed by atoms with Crippen LogP contribution in [-0.4, -0.2) is 27.7 Å². The third kappa shape index (κ3) is 3.56. The van der Waals surface area contributed by atoms with Crippen molar-refractivity contribution >= 4 is 16.9 Å². The molecule has 0 radical (unpaired) electrons. The van der Waals surface area contributed by atoms with Gasteiger partial charge in [-0.3, -0.25) is 4.79 Å². The van der Waals surface area contributed by atoms with Crippen LogP contribution in [-0.2, 0) is 24.2 Å². The first-order valence-corrected chi connectivity index (χ1v) is 8.15. The molecule has 0 spiro atoms. The van der Waals surface area contributed by atoms with Crippen molar-refractivity contribution in [1.82, 2.24) is 15.5 Å². The van der Waals surface area contributed by atoms with Gasteiger partial charge in [-0.25, -0.2) is 0 Å². The van der Waals surface area contributed by atoms with E-state index in [1.807, 2.05) is 13.8 Å². The van der Waals surface area contributed by atoms with E-state index in [1.165, 1.54) is 5.56 Å². The standard InChI is InChI=1S/C18H21N3O4/c1-10-6-11(2)17-13(9-24-18(17)12(10)3)7-15(23)19-5-4-14-20-16(8-22)25-21-14/h6,9,22H,4-5,7-8H2,1-3H3,(H,19,23). The number of nitrogens with zero attached hydrogens (tertiary/aromatic N) is 2. The van der Waals surface area contributed by atoms with Gasteiger partial charge < -0.3 is 19.4 Å². The van der Waals surface area contributed by atoms with Crippen LogP contribution < -0.4 is 5.32 Å². The molecule has 2 heterocycles. The highest BCUT2D eigenvalue weighted by atomic mass is 16.5. The summed E-state index contributed by atoms with van der Waals surface area (Å²) in [5.74, 6) is 0.540. The van der Waals surface area contributed by atoms with E-state index in [0.29, 0.717) is 18.8 Å². The van der Waals surface area contributed by atoms with E-state index in [-0.39, 0.29) is 24.8 Å².